The number of hydrogen-bond donors (Lipinski definition) is 8. The summed E-state index contributed by atoms with van der Waals surface area (Å²) in [5.74, 6) is -4.14. The van der Waals surface area contributed by atoms with Crippen LogP contribution in [0.15, 0.2) is 54.7 Å². The Hall–Kier alpha value is -4.91. The van der Waals surface area contributed by atoms with Crippen molar-refractivity contribution in [3.05, 3.63) is 65.9 Å². The summed E-state index contributed by atoms with van der Waals surface area (Å²) in [7, 11) is 0. The largest absolute Gasteiger partial charge is 0.508 e. The summed E-state index contributed by atoms with van der Waals surface area (Å²) in [5, 5.41) is 27.9. The lowest BCUT2D eigenvalue weighted by Crippen LogP contribution is -2.58. The molecule has 3 aromatic rings. The molecule has 0 spiro atoms. The number of amides is 4. The van der Waals surface area contributed by atoms with E-state index in [1.807, 2.05) is 38.1 Å². The summed E-state index contributed by atoms with van der Waals surface area (Å²) in [6.45, 7) is 3.65. The Morgan fingerprint density at radius 2 is 1.45 bits per heavy atom. The van der Waals surface area contributed by atoms with Gasteiger partial charge in [-0.05, 0) is 54.5 Å². The van der Waals surface area contributed by atoms with Crippen LogP contribution in [0.25, 0.3) is 10.9 Å². The third kappa shape index (κ3) is 9.83. The second kappa shape index (κ2) is 15.5. The third-order valence-electron chi connectivity index (χ3n) is 7.09. The minimum atomic E-state index is -1.39. The summed E-state index contributed by atoms with van der Waals surface area (Å²) in [6.07, 6.45) is 1.69. The molecule has 0 saturated carbocycles. The standard InChI is InChI=1S/C31H40N6O7/c1-17(2)13-25(29(41)35-24(31(43)44)11-12-27(33)39)37-30(42)26(14-18-7-9-20(38)10-8-18)36-28(40)22(32)15-19-16-34-23-6-4-3-5-21(19)23/h3-10,16-17,22,24-26,34,38H,11-15,32H2,1-2H3,(H2,33,39)(H,35,41)(H,36,40)(H,37,42)(H,43,44). The topological polar surface area (TPSA) is 230 Å². The minimum Gasteiger partial charge on any atom is -0.508 e. The summed E-state index contributed by atoms with van der Waals surface area (Å²) in [6, 6.07) is 8.98. The highest BCUT2D eigenvalue weighted by atomic mass is 16.4. The van der Waals surface area contributed by atoms with Gasteiger partial charge in [0, 0.05) is 29.9 Å². The van der Waals surface area contributed by atoms with E-state index in [4.69, 9.17) is 11.5 Å². The van der Waals surface area contributed by atoms with Crippen LogP contribution in [0.1, 0.15) is 44.2 Å². The minimum absolute atomic E-state index is 0.0179. The average molecular weight is 609 g/mol. The number of benzene rings is 2. The molecule has 13 heteroatoms. The number of hydrogen-bond acceptors (Lipinski definition) is 7. The third-order valence-corrected chi connectivity index (χ3v) is 7.09. The molecule has 10 N–H and O–H groups in total. The van der Waals surface area contributed by atoms with Crippen LogP contribution >= 0.6 is 0 Å². The van der Waals surface area contributed by atoms with E-state index in [-0.39, 0.29) is 43.8 Å². The Labute approximate surface area is 254 Å². The van der Waals surface area contributed by atoms with E-state index in [9.17, 15) is 34.2 Å². The number of nitrogens with two attached hydrogens (primary N) is 2. The predicted molar refractivity (Wildman–Crippen MR) is 163 cm³/mol. The van der Waals surface area contributed by atoms with Crippen molar-refractivity contribution >= 4 is 40.5 Å². The van der Waals surface area contributed by atoms with Crippen LogP contribution < -0.4 is 27.4 Å². The molecule has 13 nitrogen and oxygen atoms in total. The Morgan fingerprint density at radius 1 is 0.841 bits per heavy atom. The van der Waals surface area contributed by atoms with E-state index < -0.39 is 53.8 Å². The fourth-order valence-electron chi connectivity index (χ4n) is 4.78. The zero-order chi connectivity index (χ0) is 32.4. The molecular weight excluding hydrogens is 568 g/mol. The first-order valence-corrected chi connectivity index (χ1v) is 14.3. The highest BCUT2D eigenvalue weighted by molar-refractivity contribution is 5.94. The van der Waals surface area contributed by atoms with Crippen molar-refractivity contribution in [3.8, 4) is 5.75 Å². The summed E-state index contributed by atoms with van der Waals surface area (Å²) >= 11 is 0. The van der Waals surface area contributed by atoms with Gasteiger partial charge in [-0.25, -0.2) is 4.79 Å². The number of carboxylic acids is 1. The molecule has 0 aliphatic rings. The molecule has 0 aliphatic heterocycles. The van der Waals surface area contributed by atoms with Gasteiger partial charge in [0.2, 0.25) is 23.6 Å². The van der Waals surface area contributed by atoms with Gasteiger partial charge < -0.3 is 42.6 Å². The number of para-hydroxylation sites is 1. The van der Waals surface area contributed by atoms with Crippen LogP contribution in [-0.4, -0.2) is 69.0 Å². The first-order chi connectivity index (χ1) is 20.8. The molecule has 1 heterocycles. The molecular formula is C31H40N6O7. The van der Waals surface area contributed by atoms with Crippen molar-refractivity contribution in [1.29, 1.82) is 0 Å². The highest BCUT2D eigenvalue weighted by Gasteiger charge is 2.31. The first-order valence-electron chi connectivity index (χ1n) is 14.3. The molecule has 2 aromatic carbocycles. The zero-order valence-electron chi connectivity index (χ0n) is 24.7. The van der Waals surface area contributed by atoms with Gasteiger partial charge in [-0.3, -0.25) is 19.2 Å². The molecule has 3 rings (SSSR count). The number of carboxylic acid groups (broad SMARTS) is 1. The Morgan fingerprint density at radius 3 is 2.09 bits per heavy atom. The number of fused-ring (bicyclic) bond motifs is 1. The Kier molecular flexibility index (Phi) is 11.9. The SMILES string of the molecule is CC(C)CC(NC(=O)C(Cc1ccc(O)cc1)NC(=O)C(N)Cc1c[nH]c2ccccc12)C(=O)NC(CCC(N)=O)C(=O)O. The second-order valence-corrected chi connectivity index (χ2v) is 11.2. The number of rotatable bonds is 16. The van der Waals surface area contributed by atoms with Gasteiger partial charge in [0.15, 0.2) is 0 Å². The summed E-state index contributed by atoms with van der Waals surface area (Å²) in [5.41, 5.74) is 13.7. The van der Waals surface area contributed by atoms with Gasteiger partial charge in [0.05, 0.1) is 6.04 Å². The molecule has 0 fully saturated rings. The van der Waals surface area contributed by atoms with Crippen LogP contribution in [0.5, 0.6) is 5.75 Å². The molecule has 0 bridgehead atoms. The van der Waals surface area contributed by atoms with E-state index in [2.05, 4.69) is 20.9 Å². The molecule has 4 atom stereocenters. The van der Waals surface area contributed by atoms with Crippen LogP contribution in [0.3, 0.4) is 0 Å². The first kappa shape index (κ1) is 33.6. The number of aromatic hydroxyl groups is 1. The van der Waals surface area contributed by atoms with Crippen LogP contribution in [-0.2, 0) is 36.8 Å². The summed E-state index contributed by atoms with van der Waals surface area (Å²) in [4.78, 5) is 66.0. The van der Waals surface area contributed by atoms with E-state index in [0.717, 1.165) is 16.5 Å². The summed E-state index contributed by atoms with van der Waals surface area (Å²) < 4.78 is 0. The number of aliphatic carboxylic acids is 1. The maximum atomic E-state index is 13.6. The number of primary amides is 1. The number of carbonyl (C=O) groups excluding carboxylic acids is 4. The number of phenols is 1. The molecule has 4 unspecified atom stereocenters. The Bertz CT molecular complexity index is 1470. The predicted octanol–water partition coefficient (Wildman–Crippen LogP) is 0.837. The quantitative estimate of drug-likeness (QED) is 0.116. The van der Waals surface area contributed by atoms with Gasteiger partial charge in [-0.15, -0.1) is 0 Å². The number of nitrogens with one attached hydrogen (secondary N) is 4. The van der Waals surface area contributed by atoms with Gasteiger partial charge in [-0.1, -0.05) is 44.2 Å². The lowest BCUT2D eigenvalue weighted by atomic mass is 9.99. The lowest BCUT2D eigenvalue weighted by molar-refractivity contribution is -0.142. The molecule has 0 saturated heterocycles. The number of phenolic OH excluding ortho intramolecular Hbond substituents is 1. The van der Waals surface area contributed by atoms with E-state index in [1.165, 1.54) is 12.1 Å². The number of aromatic nitrogens is 1. The normalized spacial score (nSPS) is 13.9. The van der Waals surface area contributed by atoms with E-state index in [1.54, 1.807) is 18.3 Å². The monoisotopic (exact) mass is 608 g/mol. The maximum Gasteiger partial charge on any atom is 0.326 e. The van der Waals surface area contributed by atoms with Crippen molar-refractivity contribution in [2.24, 2.45) is 17.4 Å². The van der Waals surface area contributed by atoms with Gasteiger partial charge in [-0.2, -0.15) is 0 Å². The molecule has 236 valence electrons. The lowest BCUT2D eigenvalue weighted by Gasteiger charge is -2.26. The van der Waals surface area contributed by atoms with Crippen LogP contribution in [0.2, 0.25) is 0 Å². The molecule has 0 radical (unpaired) electrons. The second-order valence-electron chi connectivity index (χ2n) is 11.2. The molecule has 4 amide bonds. The number of carbonyl (C=O) groups is 5. The van der Waals surface area contributed by atoms with Crippen molar-refractivity contribution in [1.82, 2.24) is 20.9 Å². The average Bonchev–Trinajstić information content (AvgIpc) is 3.37. The maximum absolute atomic E-state index is 13.6. The number of aromatic amines is 1. The van der Waals surface area contributed by atoms with Crippen LogP contribution in [0, 0.1) is 5.92 Å². The van der Waals surface area contributed by atoms with Crippen LogP contribution in [0.4, 0.5) is 0 Å². The van der Waals surface area contributed by atoms with Crippen molar-refractivity contribution in [3.63, 3.8) is 0 Å². The highest BCUT2D eigenvalue weighted by Crippen LogP contribution is 2.19. The molecule has 0 aliphatic carbocycles. The molecule has 44 heavy (non-hydrogen) atoms. The van der Waals surface area contributed by atoms with Gasteiger partial charge >= 0.3 is 5.97 Å². The number of H-pyrrole nitrogens is 1. The van der Waals surface area contributed by atoms with Gasteiger partial charge in [0.1, 0.15) is 23.9 Å². The fraction of sp³-hybridized carbons (Fsp3) is 0.387. The zero-order valence-corrected chi connectivity index (χ0v) is 24.7. The van der Waals surface area contributed by atoms with Crippen molar-refractivity contribution in [2.75, 3.05) is 0 Å². The van der Waals surface area contributed by atoms with E-state index in [0.29, 0.717) is 5.56 Å². The Balaban J connectivity index is 1.78. The molecule has 1 aromatic heterocycles. The fourth-order valence-corrected chi connectivity index (χ4v) is 4.78. The smallest absolute Gasteiger partial charge is 0.326 e. The van der Waals surface area contributed by atoms with Crippen molar-refractivity contribution < 1.29 is 34.2 Å². The van der Waals surface area contributed by atoms with Gasteiger partial charge in [0.25, 0.3) is 0 Å². The van der Waals surface area contributed by atoms with Crippen molar-refractivity contribution in [2.45, 2.75) is 70.1 Å². The van der Waals surface area contributed by atoms with E-state index >= 15 is 0 Å².